The van der Waals surface area contributed by atoms with E-state index < -0.39 is 5.60 Å². The van der Waals surface area contributed by atoms with Crippen molar-refractivity contribution in [3.8, 4) is 0 Å². The van der Waals surface area contributed by atoms with Gasteiger partial charge < -0.3 is 4.74 Å². The molecule has 0 fully saturated rings. The molecule has 0 saturated heterocycles. The minimum atomic E-state index is -0.905. The van der Waals surface area contributed by atoms with E-state index in [0.29, 0.717) is 5.56 Å². The second kappa shape index (κ2) is 4.81. The van der Waals surface area contributed by atoms with Crippen LogP contribution in [-0.4, -0.2) is 11.0 Å². The van der Waals surface area contributed by atoms with E-state index in [1.54, 1.807) is 12.4 Å². The number of carbonyl (C=O) groups is 1. The number of hydrogen-bond donors (Lipinski definition) is 0. The molecule has 0 spiro atoms. The SMILES string of the molecule is O=C1OC(c2ccccc2)(c2ccccc2)c2ccncc21. The second-order valence-corrected chi connectivity index (χ2v) is 5.22. The van der Waals surface area contributed by atoms with Gasteiger partial charge in [0.1, 0.15) is 0 Å². The maximum atomic E-state index is 12.4. The minimum Gasteiger partial charge on any atom is -0.441 e. The lowest BCUT2D eigenvalue weighted by Gasteiger charge is -2.30. The number of carbonyl (C=O) groups excluding carboxylic acids is 1. The zero-order valence-electron chi connectivity index (χ0n) is 11.8. The second-order valence-electron chi connectivity index (χ2n) is 5.22. The van der Waals surface area contributed by atoms with E-state index in [4.69, 9.17) is 4.74 Å². The van der Waals surface area contributed by atoms with Crippen LogP contribution < -0.4 is 0 Å². The van der Waals surface area contributed by atoms with E-state index in [9.17, 15) is 4.79 Å². The molecule has 0 amide bonds. The van der Waals surface area contributed by atoms with Crippen molar-refractivity contribution in [2.24, 2.45) is 0 Å². The number of cyclic esters (lactones) is 1. The van der Waals surface area contributed by atoms with Crippen molar-refractivity contribution in [2.75, 3.05) is 0 Å². The van der Waals surface area contributed by atoms with Crippen molar-refractivity contribution in [1.29, 1.82) is 0 Å². The fourth-order valence-electron chi connectivity index (χ4n) is 3.05. The quantitative estimate of drug-likeness (QED) is 0.677. The number of aromatic nitrogens is 1. The number of fused-ring (bicyclic) bond motifs is 1. The van der Waals surface area contributed by atoms with Crippen LogP contribution in [0, 0.1) is 0 Å². The maximum absolute atomic E-state index is 12.4. The van der Waals surface area contributed by atoms with Crippen LogP contribution in [0.2, 0.25) is 0 Å². The molecule has 1 aromatic heterocycles. The molecule has 0 unspecified atom stereocenters. The van der Waals surface area contributed by atoms with Gasteiger partial charge in [-0.25, -0.2) is 4.79 Å². The molecule has 3 heteroatoms. The van der Waals surface area contributed by atoms with Crippen molar-refractivity contribution in [3.05, 3.63) is 101 Å². The summed E-state index contributed by atoms with van der Waals surface area (Å²) in [4.78, 5) is 16.4. The Balaban J connectivity index is 2.06. The average Bonchev–Trinajstić information content (AvgIpc) is 2.91. The van der Waals surface area contributed by atoms with Crippen LogP contribution in [0.5, 0.6) is 0 Å². The topological polar surface area (TPSA) is 39.2 Å². The summed E-state index contributed by atoms with van der Waals surface area (Å²) in [6.07, 6.45) is 3.27. The third kappa shape index (κ3) is 1.69. The summed E-state index contributed by atoms with van der Waals surface area (Å²) < 4.78 is 5.91. The van der Waals surface area contributed by atoms with Crippen LogP contribution in [0.4, 0.5) is 0 Å². The van der Waals surface area contributed by atoms with Crippen LogP contribution in [-0.2, 0) is 10.3 Å². The third-order valence-corrected chi connectivity index (χ3v) is 4.03. The molecule has 0 saturated carbocycles. The summed E-state index contributed by atoms with van der Waals surface area (Å²) in [5.74, 6) is -0.337. The molecule has 0 atom stereocenters. The van der Waals surface area contributed by atoms with Gasteiger partial charge in [-0.2, -0.15) is 0 Å². The van der Waals surface area contributed by atoms with Gasteiger partial charge in [0.15, 0.2) is 5.60 Å². The van der Waals surface area contributed by atoms with E-state index >= 15 is 0 Å². The molecule has 0 bridgehead atoms. The number of rotatable bonds is 2. The first-order chi connectivity index (χ1) is 10.8. The molecule has 3 nitrogen and oxygen atoms in total. The molecule has 0 N–H and O–H groups in total. The zero-order chi connectivity index (χ0) is 15.0. The van der Waals surface area contributed by atoms with Gasteiger partial charge in [0.05, 0.1) is 5.56 Å². The van der Waals surface area contributed by atoms with Crippen LogP contribution in [0.15, 0.2) is 79.1 Å². The molecule has 2 heterocycles. The van der Waals surface area contributed by atoms with Crippen LogP contribution >= 0.6 is 0 Å². The smallest absolute Gasteiger partial charge is 0.341 e. The number of ether oxygens (including phenoxy) is 1. The summed E-state index contributed by atoms with van der Waals surface area (Å²) >= 11 is 0. The average molecular weight is 287 g/mol. The zero-order valence-corrected chi connectivity index (χ0v) is 11.8. The first kappa shape index (κ1) is 12.8. The van der Waals surface area contributed by atoms with Crippen molar-refractivity contribution in [3.63, 3.8) is 0 Å². The molecule has 0 aliphatic carbocycles. The van der Waals surface area contributed by atoms with Crippen molar-refractivity contribution in [1.82, 2.24) is 4.98 Å². The molecule has 22 heavy (non-hydrogen) atoms. The lowest BCUT2D eigenvalue weighted by molar-refractivity contribution is 0.0251. The first-order valence-electron chi connectivity index (χ1n) is 7.11. The predicted molar refractivity (Wildman–Crippen MR) is 82.4 cm³/mol. The number of nitrogens with zero attached hydrogens (tertiary/aromatic N) is 1. The first-order valence-corrected chi connectivity index (χ1v) is 7.11. The van der Waals surface area contributed by atoms with Crippen molar-refractivity contribution < 1.29 is 9.53 Å². The molecule has 4 rings (SSSR count). The Morgan fingerprint density at radius 2 is 1.41 bits per heavy atom. The highest BCUT2D eigenvalue weighted by Gasteiger charge is 2.48. The van der Waals surface area contributed by atoms with E-state index in [0.717, 1.165) is 16.7 Å². The van der Waals surface area contributed by atoms with Crippen LogP contribution in [0.25, 0.3) is 0 Å². The van der Waals surface area contributed by atoms with Gasteiger partial charge in [0, 0.05) is 29.1 Å². The molecule has 3 aromatic rings. The van der Waals surface area contributed by atoms with Gasteiger partial charge in [-0.05, 0) is 6.07 Å². The summed E-state index contributed by atoms with van der Waals surface area (Å²) in [5, 5.41) is 0. The summed E-state index contributed by atoms with van der Waals surface area (Å²) in [6, 6.07) is 21.5. The number of esters is 1. The minimum absolute atomic E-state index is 0.337. The fourth-order valence-corrected chi connectivity index (χ4v) is 3.05. The Hall–Kier alpha value is -2.94. The molecule has 2 aromatic carbocycles. The van der Waals surface area contributed by atoms with Gasteiger partial charge in [-0.1, -0.05) is 60.7 Å². The van der Waals surface area contributed by atoms with E-state index in [2.05, 4.69) is 4.98 Å². The van der Waals surface area contributed by atoms with E-state index in [1.807, 2.05) is 66.7 Å². The standard InChI is InChI=1S/C19H13NO2/c21-18-16-13-20-12-11-17(16)19(22-18,14-7-3-1-4-8-14)15-9-5-2-6-10-15/h1-13H. The Kier molecular flexibility index (Phi) is 2.79. The molecule has 0 radical (unpaired) electrons. The molecular formula is C19H13NO2. The van der Waals surface area contributed by atoms with Gasteiger partial charge >= 0.3 is 5.97 Å². The fraction of sp³-hybridized carbons (Fsp3) is 0.0526. The Bertz CT molecular complexity index is 789. The maximum Gasteiger partial charge on any atom is 0.341 e. The van der Waals surface area contributed by atoms with Gasteiger partial charge in [-0.3, -0.25) is 4.98 Å². The number of hydrogen-bond acceptors (Lipinski definition) is 3. The van der Waals surface area contributed by atoms with Gasteiger partial charge in [0.25, 0.3) is 0 Å². The summed E-state index contributed by atoms with van der Waals surface area (Å²) in [5.41, 5.74) is 2.32. The van der Waals surface area contributed by atoms with E-state index in [1.165, 1.54) is 0 Å². The Labute approximate surface area is 128 Å². The summed E-state index contributed by atoms with van der Waals surface area (Å²) in [7, 11) is 0. The van der Waals surface area contributed by atoms with Crippen LogP contribution in [0.1, 0.15) is 27.0 Å². The summed E-state index contributed by atoms with van der Waals surface area (Å²) in [6.45, 7) is 0. The largest absolute Gasteiger partial charge is 0.441 e. The van der Waals surface area contributed by atoms with Gasteiger partial charge in [0.2, 0.25) is 0 Å². The van der Waals surface area contributed by atoms with Crippen molar-refractivity contribution >= 4 is 5.97 Å². The molecule has 106 valence electrons. The molecule has 1 aliphatic rings. The third-order valence-electron chi connectivity index (χ3n) is 4.03. The predicted octanol–water partition coefficient (Wildman–Crippen LogP) is 3.54. The molecular weight excluding hydrogens is 274 g/mol. The molecule has 1 aliphatic heterocycles. The van der Waals surface area contributed by atoms with E-state index in [-0.39, 0.29) is 5.97 Å². The Morgan fingerprint density at radius 3 is 2.00 bits per heavy atom. The number of pyridine rings is 1. The Morgan fingerprint density at radius 1 is 0.818 bits per heavy atom. The van der Waals surface area contributed by atoms with Gasteiger partial charge in [-0.15, -0.1) is 0 Å². The lowest BCUT2D eigenvalue weighted by Crippen LogP contribution is -2.29. The highest BCUT2D eigenvalue weighted by Crippen LogP contribution is 2.46. The lowest BCUT2D eigenvalue weighted by atomic mass is 9.80. The van der Waals surface area contributed by atoms with Crippen molar-refractivity contribution in [2.45, 2.75) is 5.60 Å². The highest BCUT2D eigenvalue weighted by atomic mass is 16.6. The normalized spacial score (nSPS) is 15.2. The van der Waals surface area contributed by atoms with Crippen LogP contribution in [0.3, 0.4) is 0 Å². The highest BCUT2D eigenvalue weighted by molar-refractivity contribution is 5.96. The monoisotopic (exact) mass is 287 g/mol. The number of benzene rings is 2.